The maximum atomic E-state index is 13.6. The molecule has 0 fully saturated rings. The van der Waals surface area contributed by atoms with Gasteiger partial charge in [-0.3, -0.25) is 4.79 Å². The molecule has 0 aromatic heterocycles. The molecule has 1 heterocycles. The Morgan fingerprint density at radius 1 is 1.17 bits per heavy atom. The number of guanidine groups is 1. The van der Waals surface area contributed by atoms with Gasteiger partial charge in [0, 0.05) is 21.7 Å². The van der Waals surface area contributed by atoms with E-state index in [0.29, 0.717) is 34.1 Å². The average Bonchev–Trinajstić information content (AvgIpc) is 2.55. The number of aliphatic imine (C=N–C) groups is 1. The molecule has 122 valence electrons. The molecule has 1 amide bonds. The number of benzene rings is 2. The minimum atomic E-state index is -0.576. The zero-order valence-corrected chi connectivity index (χ0v) is 13.2. The quantitative estimate of drug-likeness (QED) is 0.646. The van der Waals surface area contributed by atoms with E-state index in [0.717, 1.165) is 0 Å². The van der Waals surface area contributed by atoms with Crippen LogP contribution in [0, 0.1) is 5.82 Å². The van der Waals surface area contributed by atoms with E-state index in [2.05, 4.69) is 4.99 Å². The van der Waals surface area contributed by atoms with Crippen molar-refractivity contribution < 1.29 is 13.9 Å². The molecule has 0 aliphatic carbocycles. The number of carbonyl (C=O) groups is 1. The van der Waals surface area contributed by atoms with Gasteiger partial charge in [-0.15, -0.1) is 0 Å². The van der Waals surface area contributed by atoms with Crippen LogP contribution in [0.25, 0.3) is 5.57 Å². The van der Waals surface area contributed by atoms with Gasteiger partial charge < -0.3 is 16.2 Å². The first-order valence-electron chi connectivity index (χ1n) is 7.02. The molecule has 0 bridgehead atoms. The zero-order valence-electron chi connectivity index (χ0n) is 12.4. The van der Waals surface area contributed by atoms with Gasteiger partial charge in [0.05, 0.1) is 0 Å². The minimum Gasteiger partial charge on any atom is -0.489 e. The van der Waals surface area contributed by atoms with Gasteiger partial charge in [0.1, 0.15) is 18.2 Å². The van der Waals surface area contributed by atoms with Gasteiger partial charge in [-0.1, -0.05) is 11.6 Å². The van der Waals surface area contributed by atoms with Crippen LogP contribution in [0.2, 0.25) is 5.02 Å². The molecule has 1 aliphatic rings. The van der Waals surface area contributed by atoms with Crippen LogP contribution in [0.5, 0.6) is 5.75 Å². The van der Waals surface area contributed by atoms with Gasteiger partial charge >= 0.3 is 0 Å². The first kappa shape index (κ1) is 16.0. The van der Waals surface area contributed by atoms with E-state index in [9.17, 15) is 9.18 Å². The number of hydrogen-bond acceptors (Lipinski definition) is 2. The van der Waals surface area contributed by atoms with Gasteiger partial charge in [-0.05, 0) is 48.0 Å². The molecule has 0 spiro atoms. The van der Waals surface area contributed by atoms with Crippen LogP contribution < -0.4 is 16.2 Å². The molecular weight excluding hydrogens is 333 g/mol. The number of halogens is 2. The molecule has 0 saturated heterocycles. The molecule has 2 aromatic carbocycles. The van der Waals surface area contributed by atoms with Gasteiger partial charge in [0.25, 0.3) is 5.91 Å². The fourth-order valence-corrected chi connectivity index (χ4v) is 2.68. The van der Waals surface area contributed by atoms with E-state index in [1.165, 1.54) is 18.2 Å². The van der Waals surface area contributed by atoms with E-state index in [1.807, 2.05) is 0 Å². The smallest absolute Gasteiger partial charge is 0.280 e. The van der Waals surface area contributed by atoms with E-state index in [4.69, 9.17) is 27.8 Å². The Labute approximate surface area is 142 Å². The van der Waals surface area contributed by atoms with Crippen molar-refractivity contribution in [1.82, 2.24) is 0 Å². The maximum absolute atomic E-state index is 13.6. The minimum absolute atomic E-state index is 0.283. The Kier molecular flexibility index (Phi) is 4.22. The summed E-state index contributed by atoms with van der Waals surface area (Å²) >= 11 is 6.20. The van der Waals surface area contributed by atoms with Crippen LogP contribution in [0.15, 0.2) is 47.5 Å². The summed E-state index contributed by atoms with van der Waals surface area (Å²) in [7, 11) is 0. The van der Waals surface area contributed by atoms with Crippen LogP contribution in [-0.2, 0) is 0 Å². The monoisotopic (exact) mass is 345 g/mol. The standard InChI is InChI=1S/C17H13ClFN3O2/c18-14-3-2-10(19)8-12(14)11-5-6-24-15-4-1-9(7-13(11)15)16(23)22-17(20)21/h1-5,7-8H,6H2,(H4,20,21,22,23). The number of rotatable bonds is 2. The van der Waals surface area contributed by atoms with Gasteiger partial charge in [0.2, 0.25) is 0 Å². The summed E-state index contributed by atoms with van der Waals surface area (Å²) in [5.41, 5.74) is 12.6. The van der Waals surface area contributed by atoms with E-state index < -0.39 is 11.7 Å². The summed E-state index contributed by atoms with van der Waals surface area (Å²) < 4.78 is 19.2. The predicted octanol–water partition coefficient (Wildman–Crippen LogP) is 2.72. The molecule has 7 heteroatoms. The summed E-state index contributed by atoms with van der Waals surface area (Å²) in [6.45, 7) is 0.316. The van der Waals surface area contributed by atoms with Crippen molar-refractivity contribution >= 4 is 29.0 Å². The highest BCUT2D eigenvalue weighted by Crippen LogP contribution is 2.38. The van der Waals surface area contributed by atoms with Crippen molar-refractivity contribution in [1.29, 1.82) is 0 Å². The molecule has 3 rings (SSSR count). The Hall–Kier alpha value is -2.86. The molecule has 4 N–H and O–H groups in total. The van der Waals surface area contributed by atoms with Crippen molar-refractivity contribution in [3.63, 3.8) is 0 Å². The highest BCUT2D eigenvalue weighted by molar-refractivity contribution is 6.32. The molecular formula is C17H13ClFN3O2. The van der Waals surface area contributed by atoms with Crippen molar-refractivity contribution in [3.05, 3.63) is 70.0 Å². The lowest BCUT2D eigenvalue weighted by atomic mass is 9.93. The van der Waals surface area contributed by atoms with Gasteiger partial charge in [-0.2, -0.15) is 4.99 Å². The van der Waals surface area contributed by atoms with Crippen LogP contribution >= 0.6 is 11.6 Å². The average molecular weight is 346 g/mol. The third-order valence-electron chi connectivity index (χ3n) is 3.49. The SMILES string of the molecule is NC(N)=NC(=O)c1ccc2c(c1)C(c1cc(F)ccc1Cl)=CCO2. The Morgan fingerprint density at radius 2 is 1.96 bits per heavy atom. The molecule has 0 unspecified atom stereocenters. The Bertz CT molecular complexity index is 889. The van der Waals surface area contributed by atoms with Crippen LogP contribution in [0.3, 0.4) is 0 Å². The fourth-order valence-electron chi connectivity index (χ4n) is 2.46. The molecule has 0 radical (unpaired) electrons. The lowest BCUT2D eigenvalue weighted by Gasteiger charge is -2.20. The molecule has 2 aromatic rings. The summed E-state index contributed by atoms with van der Waals surface area (Å²) in [6, 6.07) is 8.90. The summed E-state index contributed by atoms with van der Waals surface area (Å²) in [6.07, 6.45) is 1.78. The van der Waals surface area contributed by atoms with E-state index in [1.54, 1.807) is 24.3 Å². The second-order valence-electron chi connectivity index (χ2n) is 5.11. The molecule has 0 atom stereocenters. The van der Waals surface area contributed by atoms with Crippen LogP contribution in [0.4, 0.5) is 4.39 Å². The second-order valence-corrected chi connectivity index (χ2v) is 5.51. The predicted molar refractivity (Wildman–Crippen MR) is 90.6 cm³/mol. The van der Waals surface area contributed by atoms with E-state index in [-0.39, 0.29) is 11.5 Å². The second kappa shape index (κ2) is 6.33. The Morgan fingerprint density at radius 3 is 2.71 bits per heavy atom. The highest BCUT2D eigenvalue weighted by Gasteiger charge is 2.20. The zero-order chi connectivity index (χ0) is 17.3. The number of nitrogens with zero attached hydrogens (tertiary/aromatic N) is 1. The number of carbonyl (C=O) groups excluding carboxylic acids is 1. The summed E-state index contributed by atoms with van der Waals surface area (Å²) in [4.78, 5) is 15.5. The normalized spacial score (nSPS) is 12.7. The third-order valence-corrected chi connectivity index (χ3v) is 3.82. The first-order valence-corrected chi connectivity index (χ1v) is 7.40. The van der Waals surface area contributed by atoms with Crippen molar-refractivity contribution in [2.45, 2.75) is 0 Å². The maximum Gasteiger partial charge on any atom is 0.280 e. The summed E-state index contributed by atoms with van der Waals surface area (Å²) in [5.74, 6) is -0.740. The Balaban J connectivity index is 2.11. The number of hydrogen-bond donors (Lipinski definition) is 2. The fraction of sp³-hybridized carbons (Fsp3) is 0.0588. The topological polar surface area (TPSA) is 90.7 Å². The summed E-state index contributed by atoms with van der Waals surface area (Å²) in [5, 5.41) is 0.399. The lowest BCUT2D eigenvalue weighted by molar-refractivity contribution is 0.100. The van der Waals surface area contributed by atoms with Crippen LogP contribution in [0.1, 0.15) is 21.5 Å². The molecule has 5 nitrogen and oxygen atoms in total. The van der Waals surface area contributed by atoms with Crippen molar-refractivity contribution in [2.24, 2.45) is 16.5 Å². The lowest BCUT2D eigenvalue weighted by Crippen LogP contribution is -2.24. The largest absolute Gasteiger partial charge is 0.489 e. The van der Waals surface area contributed by atoms with Crippen molar-refractivity contribution in [2.75, 3.05) is 6.61 Å². The number of amides is 1. The highest BCUT2D eigenvalue weighted by atomic mass is 35.5. The van der Waals surface area contributed by atoms with Crippen LogP contribution in [-0.4, -0.2) is 18.5 Å². The molecule has 1 aliphatic heterocycles. The number of ether oxygens (including phenoxy) is 1. The number of nitrogens with two attached hydrogens (primary N) is 2. The number of fused-ring (bicyclic) bond motifs is 1. The molecule has 0 saturated carbocycles. The third kappa shape index (κ3) is 3.09. The first-order chi connectivity index (χ1) is 11.5. The van der Waals surface area contributed by atoms with Crippen molar-refractivity contribution in [3.8, 4) is 5.75 Å². The van der Waals surface area contributed by atoms with E-state index >= 15 is 0 Å². The molecule has 24 heavy (non-hydrogen) atoms. The van der Waals surface area contributed by atoms with Gasteiger partial charge in [0.15, 0.2) is 5.96 Å². The van der Waals surface area contributed by atoms with Gasteiger partial charge in [-0.25, -0.2) is 4.39 Å².